The lowest BCUT2D eigenvalue weighted by atomic mass is 10.00. The molecule has 0 amide bonds. The summed E-state index contributed by atoms with van der Waals surface area (Å²) in [4.78, 5) is 0. The van der Waals surface area contributed by atoms with Crippen molar-refractivity contribution in [2.75, 3.05) is 13.2 Å². The number of fused-ring (bicyclic) bond motifs is 2. The summed E-state index contributed by atoms with van der Waals surface area (Å²) in [6, 6.07) is 4.04. The lowest BCUT2D eigenvalue weighted by Gasteiger charge is -2.15. The summed E-state index contributed by atoms with van der Waals surface area (Å²) in [5.74, 6) is 1.64. The fourth-order valence-corrected chi connectivity index (χ4v) is 2.60. The quantitative estimate of drug-likeness (QED) is 0.701. The number of ether oxygens (including phenoxy) is 2. The van der Waals surface area contributed by atoms with Gasteiger partial charge in [0.05, 0.1) is 19.3 Å². The van der Waals surface area contributed by atoms with Gasteiger partial charge in [-0.1, -0.05) is 6.42 Å². The molecule has 0 saturated carbocycles. The van der Waals surface area contributed by atoms with Gasteiger partial charge in [0.2, 0.25) is 0 Å². The Kier molecular flexibility index (Phi) is 2.93. The van der Waals surface area contributed by atoms with Gasteiger partial charge in [-0.3, -0.25) is 0 Å². The van der Waals surface area contributed by atoms with Crippen LogP contribution in [-0.4, -0.2) is 18.3 Å². The Morgan fingerprint density at radius 3 is 2.59 bits per heavy atom. The van der Waals surface area contributed by atoms with Gasteiger partial charge in [-0.2, -0.15) is 0 Å². The van der Waals surface area contributed by atoms with Gasteiger partial charge in [-0.15, -0.1) is 0 Å². The molecule has 92 valence electrons. The topological polar surface area (TPSA) is 38.7 Å². The Morgan fingerprint density at radius 2 is 1.76 bits per heavy atom. The summed E-state index contributed by atoms with van der Waals surface area (Å²) in [6.45, 7) is 1.41. The second-order valence-corrected chi connectivity index (χ2v) is 4.81. The fraction of sp³-hybridized carbons (Fsp3) is 0.571. The van der Waals surface area contributed by atoms with Gasteiger partial charge < -0.3 is 14.6 Å². The number of hydrogen-bond donors (Lipinski definition) is 1. The first-order chi connectivity index (χ1) is 8.34. The molecular formula is C14H18O3. The van der Waals surface area contributed by atoms with Crippen LogP contribution in [-0.2, 0) is 6.42 Å². The summed E-state index contributed by atoms with van der Waals surface area (Å²) in [5.41, 5.74) is 2.26. The van der Waals surface area contributed by atoms with E-state index in [1.54, 1.807) is 0 Å². The number of hydrogen-bond acceptors (Lipinski definition) is 3. The Hall–Kier alpha value is -1.22. The number of rotatable bonds is 0. The molecule has 1 atom stereocenters. The van der Waals surface area contributed by atoms with Crippen LogP contribution >= 0.6 is 0 Å². The normalized spacial score (nSPS) is 23.5. The minimum absolute atomic E-state index is 0.343. The molecule has 0 aromatic heterocycles. The highest BCUT2D eigenvalue weighted by atomic mass is 16.5. The van der Waals surface area contributed by atoms with Gasteiger partial charge in [0, 0.05) is 6.42 Å². The Labute approximate surface area is 101 Å². The van der Waals surface area contributed by atoms with Gasteiger partial charge in [0.1, 0.15) is 0 Å². The van der Waals surface area contributed by atoms with Crippen molar-refractivity contribution < 1.29 is 14.6 Å². The van der Waals surface area contributed by atoms with Crippen LogP contribution in [0.3, 0.4) is 0 Å². The average Bonchev–Trinajstić information content (AvgIpc) is 2.66. The number of benzene rings is 1. The average molecular weight is 234 g/mol. The molecule has 0 saturated heterocycles. The van der Waals surface area contributed by atoms with Crippen molar-refractivity contribution in [3.8, 4) is 11.5 Å². The highest BCUT2D eigenvalue weighted by molar-refractivity contribution is 5.49. The van der Waals surface area contributed by atoms with Gasteiger partial charge in [-0.25, -0.2) is 0 Å². The molecule has 1 aromatic carbocycles. The van der Waals surface area contributed by atoms with Gasteiger partial charge in [0.25, 0.3) is 0 Å². The largest absolute Gasteiger partial charge is 0.490 e. The van der Waals surface area contributed by atoms with Gasteiger partial charge in [-0.05, 0) is 42.5 Å². The van der Waals surface area contributed by atoms with Crippen LogP contribution in [0.15, 0.2) is 12.1 Å². The Morgan fingerprint density at radius 1 is 1.00 bits per heavy atom. The van der Waals surface area contributed by atoms with Crippen LogP contribution in [0.25, 0.3) is 0 Å². The molecule has 0 unspecified atom stereocenters. The SMILES string of the molecule is O[C@H]1CCCCc2cc3c(cc21)OCCCO3. The first kappa shape index (κ1) is 10.9. The standard InChI is InChI=1S/C14H18O3/c15-12-5-2-1-4-10-8-13-14(9-11(10)12)17-7-3-6-16-13/h8-9,12,15H,1-7H2/t12-/m0/s1. The number of aliphatic hydroxyl groups is 1. The van der Waals surface area contributed by atoms with Crippen molar-refractivity contribution in [3.63, 3.8) is 0 Å². The number of aliphatic hydroxyl groups excluding tert-OH is 1. The lowest BCUT2D eigenvalue weighted by molar-refractivity contribution is 0.166. The van der Waals surface area contributed by atoms with E-state index in [0.717, 1.165) is 49.2 Å². The van der Waals surface area contributed by atoms with Crippen molar-refractivity contribution in [1.82, 2.24) is 0 Å². The third kappa shape index (κ3) is 2.12. The van der Waals surface area contributed by atoms with Gasteiger partial charge in [0.15, 0.2) is 11.5 Å². The van der Waals surface area contributed by atoms with E-state index in [-0.39, 0.29) is 6.10 Å². The van der Waals surface area contributed by atoms with E-state index in [0.29, 0.717) is 13.2 Å². The molecule has 0 spiro atoms. The van der Waals surface area contributed by atoms with Crippen LogP contribution in [0.4, 0.5) is 0 Å². The van der Waals surface area contributed by atoms with E-state index in [9.17, 15) is 5.11 Å². The molecule has 1 aliphatic heterocycles. The second kappa shape index (κ2) is 4.57. The van der Waals surface area contributed by atoms with Crippen LogP contribution in [0.1, 0.15) is 42.9 Å². The molecule has 1 aromatic rings. The first-order valence-electron chi connectivity index (χ1n) is 6.45. The zero-order chi connectivity index (χ0) is 11.7. The Balaban J connectivity index is 2.03. The molecular weight excluding hydrogens is 216 g/mol. The van der Waals surface area contributed by atoms with Crippen molar-refractivity contribution >= 4 is 0 Å². The van der Waals surface area contributed by atoms with Crippen LogP contribution in [0.5, 0.6) is 11.5 Å². The minimum atomic E-state index is -0.343. The molecule has 3 nitrogen and oxygen atoms in total. The maximum absolute atomic E-state index is 10.1. The highest BCUT2D eigenvalue weighted by Gasteiger charge is 2.21. The zero-order valence-electron chi connectivity index (χ0n) is 9.95. The predicted octanol–water partition coefficient (Wildman–Crippen LogP) is 2.61. The third-order valence-corrected chi connectivity index (χ3v) is 3.54. The maximum atomic E-state index is 10.1. The van der Waals surface area contributed by atoms with Crippen LogP contribution in [0.2, 0.25) is 0 Å². The molecule has 3 heteroatoms. The number of aryl methyl sites for hydroxylation is 1. The van der Waals surface area contributed by atoms with Gasteiger partial charge >= 0.3 is 0 Å². The van der Waals surface area contributed by atoms with Crippen LogP contribution < -0.4 is 9.47 Å². The summed E-state index contributed by atoms with van der Waals surface area (Å²) >= 11 is 0. The highest BCUT2D eigenvalue weighted by Crippen LogP contribution is 2.38. The molecule has 17 heavy (non-hydrogen) atoms. The monoisotopic (exact) mass is 234 g/mol. The fourth-order valence-electron chi connectivity index (χ4n) is 2.60. The van der Waals surface area contributed by atoms with E-state index in [1.807, 2.05) is 6.07 Å². The van der Waals surface area contributed by atoms with E-state index in [1.165, 1.54) is 5.56 Å². The van der Waals surface area contributed by atoms with Crippen LogP contribution in [0, 0.1) is 0 Å². The molecule has 3 rings (SSSR count). The van der Waals surface area contributed by atoms with Crippen molar-refractivity contribution in [1.29, 1.82) is 0 Å². The molecule has 0 fully saturated rings. The van der Waals surface area contributed by atoms with E-state index >= 15 is 0 Å². The summed E-state index contributed by atoms with van der Waals surface area (Å²) < 4.78 is 11.4. The maximum Gasteiger partial charge on any atom is 0.161 e. The summed E-state index contributed by atoms with van der Waals surface area (Å²) in [6.07, 6.45) is 4.69. The van der Waals surface area contributed by atoms with E-state index in [4.69, 9.17) is 9.47 Å². The molecule has 1 N–H and O–H groups in total. The Bertz CT molecular complexity index is 414. The second-order valence-electron chi connectivity index (χ2n) is 4.81. The smallest absolute Gasteiger partial charge is 0.161 e. The molecule has 1 aliphatic carbocycles. The van der Waals surface area contributed by atoms with Crippen molar-refractivity contribution in [2.45, 2.75) is 38.2 Å². The van der Waals surface area contributed by atoms with E-state index < -0.39 is 0 Å². The summed E-state index contributed by atoms with van der Waals surface area (Å²) in [5, 5.41) is 10.1. The lowest BCUT2D eigenvalue weighted by Crippen LogP contribution is -2.01. The minimum Gasteiger partial charge on any atom is -0.490 e. The molecule has 1 heterocycles. The first-order valence-corrected chi connectivity index (χ1v) is 6.45. The molecule has 0 radical (unpaired) electrons. The molecule has 2 aliphatic rings. The van der Waals surface area contributed by atoms with Crippen molar-refractivity contribution in [2.24, 2.45) is 0 Å². The van der Waals surface area contributed by atoms with E-state index in [2.05, 4.69) is 6.07 Å². The summed E-state index contributed by atoms with van der Waals surface area (Å²) in [7, 11) is 0. The zero-order valence-corrected chi connectivity index (χ0v) is 9.95. The van der Waals surface area contributed by atoms with Crippen molar-refractivity contribution in [3.05, 3.63) is 23.3 Å². The predicted molar refractivity (Wildman–Crippen MR) is 64.6 cm³/mol. The third-order valence-electron chi connectivity index (χ3n) is 3.54. The molecule has 0 bridgehead atoms.